The number of carbonyl (C=O) groups is 4. The second kappa shape index (κ2) is 15.4. The topological polar surface area (TPSA) is 159 Å². The Hall–Kier alpha value is -2.37. The van der Waals surface area contributed by atoms with Crippen LogP contribution in [0, 0.1) is 5.92 Å². The average molecular weight is 486 g/mol. The van der Waals surface area contributed by atoms with E-state index in [0.29, 0.717) is 0 Å². The molecule has 32 heavy (non-hydrogen) atoms. The van der Waals surface area contributed by atoms with Gasteiger partial charge in [-0.05, 0) is 34.1 Å². The van der Waals surface area contributed by atoms with Crippen LogP contribution in [0.2, 0.25) is 0 Å². The lowest BCUT2D eigenvalue weighted by atomic mass is 10.1. The van der Waals surface area contributed by atoms with Crippen LogP contribution in [-0.2, 0) is 51.6 Å². The first-order valence-corrected chi connectivity index (χ1v) is 11.3. The van der Waals surface area contributed by atoms with Crippen LogP contribution in [0.25, 0.3) is 0 Å². The zero-order valence-corrected chi connectivity index (χ0v) is 19.9. The highest BCUT2D eigenvalue weighted by Crippen LogP contribution is 2.50. The molecule has 0 saturated heterocycles. The lowest BCUT2D eigenvalue weighted by molar-refractivity contribution is -0.146. The first-order chi connectivity index (χ1) is 14.9. The third-order valence-corrected chi connectivity index (χ3v) is 5.30. The van der Waals surface area contributed by atoms with Crippen molar-refractivity contribution in [2.75, 3.05) is 34.0 Å². The second-order valence-electron chi connectivity index (χ2n) is 6.74. The number of methoxy groups -OCH3 is 2. The predicted octanol–water partition coefficient (Wildman–Crippen LogP) is 2.99. The summed E-state index contributed by atoms with van der Waals surface area (Å²) in [5, 5.41) is 0. The van der Waals surface area contributed by atoms with Crippen LogP contribution < -0.4 is 0 Å². The lowest BCUT2D eigenvalue weighted by Gasteiger charge is -2.22. The molecule has 0 spiro atoms. The van der Waals surface area contributed by atoms with E-state index in [0.717, 1.165) is 7.11 Å². The van der Waals surface area contributed by atoms with Crippen molar-refractivity contribution in [3.8, 4) is 0 Å². The highest BCUT2D eigenvalue weighted by Gasteiger charge is 2.35. The van der Waals surface area contributed by atoms with Crippen LogP contribution in [0.1, 0.15) is 40.5 Å². The Bertz CT molecular complexity index is 629. The van der Waals surface area contributed by atoms with Gasteiger partial charge < -0.3 is 28.4 Å². The van der Waals surface area contributed by atoms with Gasteiger partial charge in [-0.25, -0.2) is 9.59 Å². The molecule has 0 aromatic heterocycles. The van der Waals surface area contributed by atoms with Crippen molar-refractivity contribution in [2.24, 2.45) is 5.92 Å². The third kappa shape index (κ3) is 13.8. The van der Waals surface area contributed by atoms with Gasteiger partial charge in [-0.15, -0.1) is 0 Å². The molecule has 0 fully saturated rings. The van der Waals surface area contributed by atoms with E-state index in [2.05, 4.69) is 18.9 Å². The normalized spacial score (nSPS) is 12.1. The van der Waals surface area contributed by atoms with Crippen molar-refractivity contribution < 1.29 is 61.2 Å². The molecule has 186 valence electrons. The molecule has 0 rings (SSSR count). The van der Waals surface area contributed by atoms with Crippen LogP contribution in [-0.4, -0.2) is 70.4 Å². The zero-order valence-electron chi connectivity index (χ0n) is 19.0. The smallest absolute Gasteiger partial charge is 0.469 e. The summed E-state index contributed by atoms with van der Waals surface area (Å²) in [5.74, 6) is -2.49. The van der Waals surface area contributed by atoms with Crippen LogP contribution in [0.15, 0.2) is 0 Å². The molecule has 1 atom stereocenters. The van der Waals surface area contributed by atoms with E-state index in [1.807, 2.05) is 0 Å². The lowest BCUT2D eigenvalue weighted by Crippen LogP contribution is -2.24. The predicted molar refractivity (Wildman–Crippen MR) is 107 cm³/mol. The van der Waals surface area contributed by atoms with Gasteiger partial charge in [0.25, 0.3) is 0 Å². The number of hydrogen-bond donors (Lipinski definition) is 0. The van der Waals surface area contributed by atoms with Gasteiger partial charge >= 0.3 is 31.8 Å². The largest absolute Gasteiger partial charge is 0.510 e. The maximum Gasteiger partial charge on any atom is 0.510 e. The Balaban J connectivity index is 5.21. The van der Waals surface area contributed by atoms with Crippen LogP contribution in [0.4, 0.5) is 9.59 Å². The summed E-state index contributed by atoms with van der Waals surface area (Å²) in [6.45, 7) is 4.67. The number of carbonyl (C=O) groups excluding carboxylic acids is 4. The van der Waals surface area contributed by atoms with E-state index in [1.165, 1.54) is 7.11 Å². The van der Waals surface area contributed by atoms with Gasteiger partial charge in [0.1, 0.15) is 0 Å². The maximum atomic E-state index is 13.1. The molecule has 0 bridgehead atoms. The molecule has 0 aromatic carbocycles. The van der Waals surface area contributed by atoms with Gasteiger partial charge in [0.15, 0.2) is 0 Å². The fourth-order valence-corrected chi connectivity index (χ4v) is 3.60. The van der Waals surface area contributed by atoms with Crippen molar-refractivity contribution in [2.45, 2.75) is 52.7 Å². The Morgan fingerprint density at radius 1 is 0.781 bits per heavy atom. The van der Waals surface area contributed by atoms with E-state index in [-0.39, 0.29) is 12.8 Å². The number of rotatable bonds is 14. The molecule has 1 unspecified atom stereocenters. The van der Waals surface area contributed by atoms with Crippen molar-refractivity contribution in [1.82, 2.24) is 0 Å². The molecule has 0 aliphatic carbocycles. The minimum atomic E-state index is -4.21. The van der Waals surface area contributed by atoms with E-state index in [1.54, 1.807) is 27.7 Å². The molecule has 13 nitrogen and oxygen atoms in total. The van der Waals surface area contributed by atoms with Gasteiger partial charge in [-0.2, -0.15) is 0 Å². The van der Waals surface area contributed by atoms with Gasteiger partial charge in [0.05, 0.1) is 38.5 Å². The van der Waals surface area contributed by atoms with Crippen LogP contribution in [0.3, 0.4) is 0 Å². The molecule has 0 saturated carbocycles. The van der Waals surface area contributed by atoms with Crippen molar-refractivity contribution in [3.63, 3.8) is 0 Å². The highest BCUT2D eigenvalue weighted by molar-refractivity contribution is 7.53. The first kappa shape index (κ1) is 29.6. The van der Waals surface area contributed by atoms with Crippen molar-refractivity contribution in [1.29, 1.82) is 0 Å². The van der Waals surface area contributed by atoms with Gasteiger partial charge in [-0.3, -0.25) is 23.2 Å². The molecular formula is C18H31O13P. The van der Waals surface area contributed by atoms with E-state index in [9.17, 15) is 23.7 Å². The molecule has 0 heterocycles. The first-order valence-electron chi connectivity index (χ1n) is 9.62. The Morgan fingerprint density at radius 3 is 1.62 bits per heavy atom. The van der Waals surface area contributed by atoms with Crippen molar-refractivity contribution >= 4 is 31.8 Å². The molecule has 0 radical (unpaired) electrons. The van der Waals surface area contributed by atoms with Crippen molar-refractivity contribution in [3.05, 3.63) is 0 Å². The summed E-state index contributed by atoms with van der Waals surface area (Å²) in [7, 11) is -1.93. The SMILES string of the molecule is COC(=O)CCC(CP(=O)(OCOC(=O)OC(C)C)OCOC(=O)OC(C)C)C(=O)OC. The summed E-state index contributed by atoms with van der Waals surface area (Å²) in [6, 6.07) is 0. The maximum absolute atomic E-state index is 13.1. The minimum absolute atomic E-state index is 0.0947. The quantitative estimate of drug-likeness (QED) is 0.153. The monoisotopic (exact) mass is 486 g/mol. The fraction of sp³-hybridized carbons (Fsp3) is 0.778. The summed E-state index contributed by atoms with van der Waals surface area (Å²) in [4.78, 5) is 46.4. The highest BCUT2D eigenvalue weighted by atomic mass is 31.2. The van der Waals surface area contributed by atoms with Gasteiger partial charge in [0, 0.05) is 6.42 Å². The van der Waals surface area contributed by atoms with Gasteiger partial charge in [-0.1, -0.05) is 0 Å². The van der Waals surface area contributed by atoms with Crippen LogP contribution in [0.5, 0.6) is 0 Å². The van der Waals surface area contributed by atoms with E-state index >= 15 is 0 Å². The third-order valence-electron chi connectivity index (χ3n) is 3.42. The minimum Gasteiger partial charge on any atom is -0.469 e. The number of esters is 2. The van der Waals surface area contributed by atoms with Crippen LogP contribution >= 0.6 is 7.60 Å². The standard InChI is InChI=1S/C18H31O13P/c1-12(2)30-17(21)26-10-28-32(23,29-11-27-18(22)31-13(3)4)9-14(16(20)25-6)7-8-15(19)24-5/h12-14H,7-11H2,1-6H3. The Labute approximate surface area is 186 Å². The number of hydrogen-bond acceptors (Lipinski definition) is 13. The number of ether oxygens (including phenoxy) is 6. The summed E-state index contributed by atoms with van der Waals surface area (Å²) in [5.41, 5.74) is 0. The Morgan fingerprint density at radius 2 is 1.25 bits per heavy atom. The molecule has 0 amide bonds. The zero-order chi connectivity index (χ0) is 24.7. The van der Waals surface area contributed by atoms with E-state index in [4.69, 9.17) is 18.5 Å². The molecule has 14 heteroatoms. The Kier molecular flexibility index (Phi) is 14.3. The summed E-state index contributed by atoms with van der Waals surface area (Å²) < 4.78 is 51.2. The molecule has 0 aliphatic heterocycles. The molecular weight excluding hydrogens is 455 g/mol. The second-order valence-corrected chi connectivity index (χ2v) is 8.85. The fourth-order valence-electron chi connectivity index (χ4n) is 2.02. The molecule has 0 N–H and O–H groups in total. The van der Waals surface area contributed by atoms with E-state index < -0.39 is 69.7 Å². The summed E-state index contributed by atoms with van der Waals surface area (Å²) >= 11 is 0. The molecule has 0 aliphatic rings. The summed E-state index contributed by atoms with van der Waals surface area (Å²) in [6.07, 6.45) is -3.94. The van der Waals surface area contributed by atoms with Gasteiger partial charge in [0.2, 0.25) is 13.6 Å². The molecule has 0 aromatic rings. The average Bonchev–Trinajstić information content (AvgIpc) is 2.69.